The van der Waals surface area contributed by atoms with Gasteiger partial charge in [-0.25, -0.2) is 0 Å². The Kier molecular flexibility index (Phi) is 5.35. The molecule has 0 saturated heterocycles. The molecule has 0 radical (unpaired) electrons. The number of ether oxygens (including phenoxy) is 1. The molecule has 1 N–H and O–H groups in total. The predicted molar refractivity (Wildman–Crippen MR) is 125 cm³/mol. The molecule has 2 aromatic carbocycles. The molecule has 0 unspecified atom stereocenters. The highest BCUT2D eigenvalue weighted by Gasteiger charge is 2.12. The number of benzene rings is 2. The highest BCUT2D eigenvalue weighted by Crippen LogP contribution is 2.25. The molecule has 0 aliphatic heterocycles. The summed E-state index contributed by atoms with van der Waals surface area (Å²) in [7, 11) is 0. The van der Waals surface area contributed by atoms with Gasteiger partial charge in [-0.2, -0.15) is 9.61 Å². The van der Waals surface area contributed by atoms with Crippen LogP contribution in [0.1, 0.15) is 17.3 Å². The third kappa shape index (κ3) is 3.95. The van der Waals surface area contributed by atoms with E-state index in [2.05, 4.69) is 15.5 Å². The van der Waals surface area contributed by atoms with Crippen molar-refractivity contribution in [2.45, 2.75) is 6.92 Å². The monoisotopic (exact) mass is 441 g/mol. The van der Waals surface area contributed by atoms with E-state index in [0.29, 0.717) is 23.5 Å². The van der Waals surface area contributed by atoms with Gasteiger partial charge in [0.1, 0.15) is 5.75 Å². The molecule has 0 aliphatic rings. The van der Waals surface area contributed by atoms with E-state index in [1.54, 1.807) is 40.1 Å². The van der Waals surface area contributed by atoms with Crippen LogP contribution >= 0.6 is 11.3 Å². The predicted octanol–water partition coefficient (Wildman–Crippen LogP) is 5.17. The zero-order valence-corrected chi connectivity index (χ0v) is 18.0. The van der Waals surface area contributed by atoms with Gasteiger partial charge in [0.2, 0.25) is 0 Å². The Hall–Kier alpha value is -4.04. The Morgan fingerprint density at radius 3 is 2.53 bits per heavy atom. The zero-order valence-electron chi connectivity index (χ0n) is 17.2. The smallest absolute Gasteiger partial charge is 0.255 e. The number of aromatic nitrogens is 4. The van der Waals surface area contributed by atoms with Crippen molar-refractivity contribution in [1.82, 2.24) is 19.8 Å². The molecule has 5 aromatic rings. The van der Waals surface area contributed by atoms with Gasteiger partial charge in [-0.1, -0.05) is 18.2 Å². The zero-order chi connectivity index (χ0) is 21.9. The molecule has 0 saturated carbocycles. The van der Waals surface area contributed by atoms with Gasteiger partial charge < -0.3 is 10.1 Å². The van der Waals surface area contributed by atoms with Gasteiger partial charge in [-0.05, 0) is 66.9 Å². The molecular formula is C24H19N5O2S. The largest absolute Gasteiger partial charge is 0.494 e. The standard InChI is InChI=1S/C24H19N5O2S/c1-2-31-19-11-7-17(8-12-19)24(30)25-18-9-5-16(6-10-18)20-13-14-22-26-27-23(29(22)28-20)21-4-3-15-32-21/h3-15H,2H2,1H3,(H,25,30). The molecule has 32 heavy (non-hydrogen) atoms. The molecule has 0 fully saturated rings. The minimum atomic E-state index is -0.176. The summed E-state index contributed by atoms with van der Waals surface area (Å²) in [4.78, 5) is 13.5. The fourth-order valence-corrected chi connectivity index (χ4v) is 3.99. The van der Waals surface area contributed by atoms with Crippen molar-refractivity contribution >= 4 is 28.6 Å². The van der Waals surface area contributed by atoms with Crippen LogP contribution in [0.5, 0.6) is 5.75 Å². The van der Waals surface area contributed by atoms with Crippen LogP contribution in [-0.2, 0) is 0 Å². The number of carbonyl (C=O) groups is 1. The van der Waals surface area contributed by atoms with Crippen LogP contribution in [-0.4, -0.2) is 32.3 Å². The van der Waals surface area contributed by atoms with Gasteiger partial charge >= 0.3 is 0 Å². The fourth-order valence-electron chi connectivity index (χ4n) is 3.30. The molecule has 3 heterocycles. The maximum absolute atomic E-state index is 12.5. The lowest BCUT2D eigenvalue weighted by Crippen LogP contribution is -2.11. The number of nitrogens with one attached hydrogen (secondary N) is 1. The molecule has 3 aromatic heterocycles. The molecule has 0 bridgehead atoms. The summed E-state index contributed by atoms with van der Waals surface area (Å²) < 4.78 is 7.17. The van der Waals surface area contributed by atoms with E-state index >= 15 is 0 Å². The first-order chi connectivity index (χ1) is 15.7. The van der Waals surface area contributed by atoms with Gasteiger partial charge in [-0.3, -0.25) is 4.79 Å². The van der Waals surface area contributed by atoms with E-state index in [-0.39, 0.29) is 5.91 Å². The van der Waals surface area contributed by atoms with E-state index in [1.807, 2.05) is 60.8 Å². The Morgan fingerprint density at radius 1 is 1.00 bits per heavy atom. The lowest BCUT2D eigenvalue weighted by molar-refractivity contribution is 0.102. The van der Waals surface area contributed by atoms with Crippen LogP contribution in [0.4, 0.5) is 5.69 Å². The molecule has 0 atom stereocenters. The lowest BCUT2D eigenvalue weighted by atomic mass is 10.1. The first kappa shape index (κ1) is 19.9. The maximum Gasteiger partial charge on any atom is 0.255 e. The average molecular weight is 442 g/mol. The Balaban J connectivity index is 1.35. The lowest BCUT2D eigenvalue weighted by Gasteiger charge is -2.08. The van der Waals surface area contributed by atoms with Crippen molar-refractivity contribution < 1.29 is 9.53 Å². The summed E-state index contributed by atoms with van der Waals surface area (Å²) in [6, 6.07) is 22.4. The van der Waals surface area contributed by atoms with Crippen LogP contribution in [0.25, 0.3) is 27.6 Å². The van der Waals surface area contributed by atoms with Crippen molar-refractivity contribution in [2.75, 3.05) is 11.9 Å². The SMILES string of the molecule is CCOc1ccc(C(=O)Nc2ccc(-c3ccc4nnc(-c5cccs5)n4n3)cc2)cc1. The quantitative estimate of drug-likeness (QED) is 0.393. The average Bonchev–Trinajstić information content (AvgIpc) is 3.49. The van der Waals surface area contributed by atoms with E-state index < -0.39 is 0 Å². The second-order valence-corrected chi connectivity index (χ2v) is 7.93. The Labute approximate surface area is 188 Å². The third-order valence-corrected chi connectivity index (χ3v) is 5.74. The molecule has 0 aliphatic carbocycles. The number of carbonyl (C=O) groups excluding carboxylic acids is 1. The summed E-state index contributed by atoms with van der Waals surface area (Å²) in [6.45, 7) is 2.51. The Morgan fingerprint density at radius 2 is 1.81 bits per heavy atom. The number of anilines is 1. The maximum atomic E-state index is 12.5. The minimum absolute atomic E-state index is 0.176. The summed E-state index contributed by atoms with van der Waals surface area (Å²) >= 11 is 1.60. The van der Waals surface area contributed by atoms with Crippen LogP contribution in [0.15, 0.2) is 78.2 Å². The van der Waals surface area contributed by atoms with Gasteiger partial charge in [-0.15, -0.1) is 21.5 Å². The second kappa shape index (κ2) is 8.60. The number of hydrogen-bond donors (Lipinski definition) is 1. The molecule has 158 valence electrons. The molecule has 7 nitrogen and oxygen atoms in total. The van der Waals surface area contributed by atoms with Gasteiger partial charge in [0.15, 0.2) is 11.5 Å². The van der Waals surface area contributed by atoms with Crippen LogP contribution in [0.3, 0.4) is 0 Å². The van der Waals surface area contributed by atoms with Crippen molar-refractivity contribution in [3.63, 3.8) is 0 Å². The van der Waals surface area contributed by atoms with Crippen molar-refractivity contribution in [2.24, 2.45) is 0 Å². The molecule has 1 amide bonds. The topological polar surface area (TPSA) is 81.4 Å². The van der Waals surface area contributed by atoms with Crippen LogP contribution in [0.2, 0.25) is 0 Å². The Bertz CT molecular complexity index is 1360. The summed E-state index contributed by atoms with van der Waals surface area (Å²) in [5, 5.41) is 18.1. The van der Waals surface area contributed by atoms with E-state index in [9.17, 15) is 4.79 Å². The van der Waals surface area contributed by atoms with E-state index in [1.165, 1.54) is 0 Å². The van der Waals surface area contributed by atoms with Crippen LogP contribution in [0, 0.1) is 0 Å². The third-order valence-electron chi connectivity index (χ3n) is 4.87. The normalized spacial score (nSPS) is 10.9. The van der Waals surface area contributed by atoms with Gasteiger partial charge in [0.05, 0.1) is 17.2 Å². The summed E-state index contributed by atoms with van der Waals surface area (Å²) in [6.07, 6.45) is 0. The van der Waals surface area contributed by atoms with Gasteiger partial charge in [0, 0.05) is 16.8 Å². The van der Waals surface area contributed by atoms with Crippen molar-refractivity contribution in [1.29, 1.82) is 0 Å². The van der Waals surface area contributed by atoms with Crippen molar-refractivity contribution in [3.05, 3.63) is 83.7 Å². The summed E-state index contributed by atoms with van der Waals surface area (Å²) in [5.74, 6) is 1.29. The highest BCUT2D eigenvalue weighted by atomic mass is 32.1. The van der Waals surface area contributed by atoms with Crippen LogP contribution < -0.4 is 10.1 Å². The first-order valence-electron chi connectivity index (χ1n) is 10.1. The molecule has 5 rings (SSSR count). The first-order valence-corrected chi connectivity index (χ1v) is 11.0. The number of fused-ring (bicyclic) bond motifs is 1. The summed E-state index contributed by atoms with van der Waals surface area (Å²) in [5.41, 5.74) is 3.68. The minimum Gasteiger partial charge on any atom is -0.494 e. The van der Waals surface area contributed by atoms with Gasteiger partial charge in [0.25, 0.3) is 5.91 Å². The number of hydrogen-bond acceptors (Lipinski definition) is 6. The second-order valence-electron chi connectivity index (χ2n) is 6.98. The molecule has 8 heteroatoms. The number of nitrogens with zero attached hydrogens (tertiary/aromatic N) is 4. The molecule has 0 spiro atoms. The fraction of sp³-hybridized carbons (Fsp3) is 0.0833. The highest BCUT2D eigenvalue weighted by molar-refractivity contribution is 7.13. The number of rotatable bonds is 6. The van der Waals surface area contributed by atoms with Crippen molar-refractivity contribution in [3.8, 4) is 27.7 Å². The molecular weight excluding hydrogens is 422 g/mol. The number of thiophene rings is 1. The van der Waals surface area contributed by atoms with E-state index in [0.717, 1.165) is 27.7 Å². The number of amides is 1. The van der Waals surface area contributed by atoms with E-state index in [4.69, 9.17) is 9.84 Å².